The van der Waals surface area contributed by atoms with E-state index in [0.717, 1.165) is 36.1 Å². The molecule has 0 bridgehead atoms. The summed E-state index contributed by atoms with van der Waals surface area (Å²) in [5.74, 6) is 1.26. The maximum absolute atomic E-state index is 11.2. The van der Waals surface area contributed by atoms with E-state index >= 15 is 0 Å². The fourth-order valence-electron chi connectivity index (χ4n) is 2.25. The first kappa shape index (κ1) is 17.0. The highest BCUT2D eigenvalue weighted by Crippen LogP contribution is 2.20. The molecule has 1 aromatic heterocycles. The highest BCUT2D eigenvalue weighted by molar-refractivity contribution is 5.69. The summed E-state index contributed by atoms with van der Waals surface area (Å²) in [6.07, 6.45) is 4.99. The average molecular weight is 313 g/mol. The molecule has 0 N–H and O–H groups in total. The molecular formula is C19H23NO3. The summed E-state index contributed by atoms with van der Waals surface area (Å²) < 4.78 is 10.6. The second-order valence-electron chi connectivity index (χ2n) is 5.44. The largest absolute Gasteiger partial charge is 0.466 e. The van der Waals surface area contributed by atoms with Crippen molar-refractivity contribution in [2.24, 2.45) is 0 Å². The van der Waals surface area contributed by atoms with Crippen LogP contribution < -0.4 is 4.74 Å². The van der Waals surface area contributed by atoms with E-state index in [0.29, 0.717) is 18.9 Å². The van der Waals surface area contributed by atoms with Gasteiger partial charge in [0.25, 0.3) is 0 Å². The van der Waals surface area contributed by atoms with Gasteiger partial charge in [-0.1, -0.05) is 18.2 Å². The zero-order valence-electron chi connectivity index (χ0n) is 13.7. The smallest absolute Gasteiger partial charge is 0.305 e. The maximum atomic E-state index is 11.2. The number of carbonyl (C=O) groups excluding carboxylic acids is 1. The van der Waals surface area contributed by atoms with Crippen LogP contribution in [0.4, 0.5) is 0 Å². The Bertz CT molecular complexity index is 623. The zero-order valence-corrected chi connectivity index (χ0v) is 13.7. The molecule has 0 aliphatic heterocycles. The van der Waals surface area contributed by atoms with Crippen molar-refractivity contribution in [2.75, 3.05) is 6.61 Å². The van der Waals surface area contributed by atoms with E-state index in [2.05, 4.69) is 4.98 Å². The number of aryl methyl sites for hydroxylation is 2. The normalized spacial score (nSPS) is 10.3. The Morgan fingerprint density at radius 1 is 1.17 bits per heavy atom. The summed E-state index contributed by atoms with van der Waals surface area (Å²) in [6, 6.07) is 11.8. The molecule has 0 radical (unpaired) electrons. The lowest BCUT2D eigenvalue weighted by atomic mass is 10.1. The quantitative estimate of drug-likeness (QED) is 0.533. The van der Waals surface area contributed by atoms with E-state index in [-0.39, 0.29) is 5.97 Å². The monoisotopic (exact) mass is 313 g/mol. The molecule has 0 saturated heterocycles. The molecule has 0 fully saturated rings. The van der Waals surface area contributed by atoms with Gasteiger partial charge in [0.2, 0.25) is 5.88 Å². The van der Waals surface area contributed by atoms with Crippen molar-refractivity contribution in [3.8, 4) is 11.6 Å². The first-order valence-electron chi connectivity index (χ1n) is 8.02. The van der Waals surface area contributed by atoms with Gasteiger partial charge in [-0.05, 0) is 56.4 Å². The third-order valence-electron chi connectivity index (χ3n) is 3.41. The van der Waals surface area contributed by atoms with Gasteiger partial charge in [-0.15, -0.1) is 0 Å². The minimum Gasteiger partial charge on any atom is -0.466 e. The molecule has 4 nitrogen and oxygen atoms in total. The van der Waals surface area contributed by atoms with Crippen LogP contribution in [0.1, 0.15) is 37.3 Å². The van der Waals surface area contributed by atoms with Gasteiger partial charge in [-0.25, -0.2) is 4.98 Å². The van der Waals surface area contributed by atoms with Crippen molar-refractivity contribution >= 4 is 5.97 Å². The van der Waals surface area contributed by atoms with Crippen LogP contribution in [-0.2, 0) is 16.0 Å². The van der Waals surface area contributed by atoms with Crippen molar-refractivity contribution in [3.05, 3.63) is 53.7 Å². The number of rotatable bonds is 8. The molecule has 122 valence electrons. The molecule has 23 heavy (non-hydrogen) atoms. The van der Waals surface area contributed by atoms with Crippen molar-refractivity contribution in [1.82, 2.24) is 4.98 Å². The Morgan fingerprint density at radius 2 is 2.04 bits per heavy atom. The molecule has 1 aromatic carbocycles. The number of unbranched alkanes of at least 4 members (excludes halogenated alkanes) is 1. The number of nitrogens with zero attached hydrogens (tertiary/aromatic N) is 1. The second-order valence-corrected chi connectivity index (χ2v) is 5.44. The van der Waals surface area contributed by atoms with Gasteiger partial charge in [0.05, 0.1) is 6.61 Å². The number of ether oxygens (including phenoxy) is 2. The molecule has 1 heterocycles. The molecule has 2 aromatic rings. The van der Waals surface area contributed by atoms with E-state index in [1.807, 2.05) is 56.4 Å². The predicted octanol–water partition coefficient (Wildman–Crippen LogP) is 4.46. The Kier molecular flexibility index (Phi) is 6.60. The van der Waals surface area contributed by atoms with Crippen molar-refractivity contribution in [2.45, 2.75) is 39.5 Å². The second kappa shape index (κ2) is 8.93. The van der Waals surface area contributed by atoms with Crippen LogP contribution in [0.25, 0.3) is 0 Å². The van der Waals surface area contributed by atoms with Crippen LogP contribution in [0.15, 0.2) is 42.6 Å². The number of benzene rings is 1. The molecule has 2 rings (SSSR count). The lowest BCUT2D eigenvalue weighted by molar-refractivity contribution is -0.143. The summed E-state index contributed by atoms with van der Waals surface area (Å²) in [4.78, 5) is 15.6. The Labute approximate surface area is 137 Å². The lowest BCUT2D eigenvalue weighted by Crippen LogP contribution is -2.03. The molecule has 4 heteroatoms. The predicted molar refractivity (Wildman–Crippen MR) is 89.7 cm³/mol. The highest BCUT2D eigenvalue weighted by Gasteiger charge is 2.03. The van der Waals surface area contributed by atoms with Gasteiger partial charge in [0, 0.05) is 18.7 Å². The van der Waals surface area contributed by atoms with Gasteiger partial charge < -0.3 is 9.47 Å². The number of hydrogen-bond donors (Lipinski definition) is 0. The zero-order chi connectivity index (χ0) is 16.5. The van der Waals surface area contributed by atoms with Gasteiger partial charge >= 0.3 is 5.97 Å². The summed E-state index contributed by atoms with van der Waals surface area (Å²) in [7, 11) is 0. The summed E-state index contributed by atoms with van der Waals surface area (Å²) >= 11 is 0. The van der Waals surface area contributed by atoms with E-state index in [9.17, 15) is 4.79 Å². The minimum atomic E-state index is -0.118. The number of esters is 1. The Balaban J connectivity index is 1.77. The molecule has 0 aliphatic rings. The van der Waals surface area contributed by atoms with Crippen molar-refractivity contribution in [1.29, 1.82) is 0 Å². The topological polar surface area (TPSA) is 48.4 Å². The van der Waals surface area contributed by atoms with Gasteiger partial charge in [-0.3, -0.25) is 4.79 Å². The van der Waals surface area contributed by atoms with Crippen LogP contribution in [0.5, 0.6) is 11.6 Å². The van der Waals surface area contributed by atoms with Gasteiger partial charge in [0.15, 0.2) is 0 Å². The molecular weight excluding hydrogens is 290 g/mol. The van der Waals surface area contributed by atoms with Crippen LogP contribution in [-0.4, -0.2) is 17.6 Å². The van der Waals surface area contributed by atoms with Crippen molar-refractivity contribution < 1.29 is 14.3 Å². The standard InChI is InChI=1S/C19H23NO3/c1-3-22-19(21)10-5-4-8-16-11-12-18(20-14-16)23-17-9-6-7-15(2)13-17/h6-7,9,11-14H,3-5,8,10H2,1-2H3. The summed E-state index contributed by atoms with van der Waals surface area (Å²) in [6.45, 7) is 4.30. The molecule has 0 amide bonds. The van der Waals surface area contributed by atoms with Crippen LogP contribution in [0.3, 0.4) is 0 Å². The minimum absolute atomic E-state index is 0.118. The highest BCUT2D eigenvalue weighted by atomic mass is 16.5. The molecule has 0 unspecified atom stereocenters. The van der Waals surface area contributed by atoms with E-state index in [4.69, 9.17) is 9.47 Å². The first-order chi connectivity index (χ1) is 11.2. The van der Waals surface area contributed by atoms with Crippen LogP contribution in [0, 0.1) is 6.92 Å². The Hall–Kier alpha value is -2.36. The average Bonchev–Trinajstić information content (AvgIpc) is 2.53. The molecule has 0 spiro atoms. The fraction of sp³-hybridized carbons (Fsp3) is 0.368. The number of hydrogen-bond acceptors (Lipinski definition) is 4. The molecule has 0 saturated carbocycles. The SMILES string of the molecule is CCOC(=O)CCCCc1ccc(Oc2cccc(C)c2)nc1. The first-order valence-corrected chi connectivity index (χ1v) is 8.02. The number of pyridine rings is 1. The van der Waals surface area contributed by atoms with E-state index in [1.165, 1.54) is 0 Å². The summed E-state index contributed by atoms with van der Waals surface area (Å²) in [5, 5.41) is 0. The number of aromatic nitrogens is 1. The van der Waals surface area contributed by atoms with E-state index < -0.39 is 0 Å². The maximum Gasteiger partial charge on any atom is 0.305 e. The molecule has 0 aliphatic carbocycles. The van der Waals surface area contributed by atoms with E-state index in [1.54, 1.807) is 0 Å². The summed E-state index contributed by atoms with van der Waals surface area (Å²) in [5.41, 5.74) is 2.30. The fourth-order valence-corrected chi connectivity index (χ4v) is 2.25. The lowest BCUT2D eigenvalue weighted by Gasteiger charge is -2.06. The third kappa shape index (κ3) is 6.10. The van der Waals surface area contributed by atoms with Gasteiger partial charge in [-0.2, -0.15) is 0 Å². The van der Waals surface area contributed by atoms with Crippen LogP contribution in [0.2, 0.25) is 0 Å². The number of carbonyl (C=O) groups is 1. The Morgan fingerprint density at radius 3 is 2.74 bits per heavy atom. The van der Waals surface area contributed by atoms with Crippen molar-refractivity contribution in [3.63, 3.8) is 0 Å². The molecule has 0 atom stereocenters. The third-order valence-corrected chi connectivity index (χ3v) is 3.41. The van der Waals surface area contributed by atoms with Gasteiger partial charge in [0.1, 0.15) is 5.75 Å². The van der Waals surface area contributed by atoms with Crippen LogP contribution >= 0.6 is 0 Å².